The van der Waals surface area contributed by atoms with Crippen LogP contribution >= 0.6 is 24.0 Å². The Kier molecular flexibility index (Phi) is 10.4. The van der Waals surface area contributed by atoms with Crippen LogP contribution in [0.1, 0.15) is 49.3 Å². The second-order valence-electron chi connectivity index (χ2n) is 8.19. The second kappa shape index (κ2) is 12.6. The highest BCUT2D eigenvalue weighted by Crippen LogP contribution is 2.40. The first-order valence-corrected chi connectivity index (χ1v) is 12.7. The van der Waals surface area contributed by atoms with Gasteiger partial charge in [-0.15, -0.1) is 24.0 Å². The van der Waals surface area contributed by atoms with Crippen molar-refractivity contribution < 1.29 is 8.42 Å². The predicted octanol–water partition coefficient (Wildman–Crippen LogP) is 3.92. The third-order valence-corrected chi connectivity index (χ3v) is 7.30. The number of halogens is 1. The highest BCUT2D eigenvalue weighted by atomic mass is 127. The summed E-state index contributed by atoms with van der Waals surface area (Å²) in [6.45, 7) is 4.18. The Balaban J connectivity index is 0.00000363. The van der Waals surface area contributed by atoms with Gasteiger partial charge in [-0.25, -0.2) is 18.1 Å². The zero-order valence-electron chi connectivity index (χ0n) is 18.9. The third kappa shape index (κ3) is 7.45. The monoisotopic (exact) mass is 570 g/mol. The zero-order valence-corrected chi connectivity index (χ0v) is 22.1. The van der Waals surface area contributed by atoms with Crippen molar-refractivity contribution in [2.75, 3.05) is 20.1 Å². The molecule has 0 saturated heterocycles. The summed E-state index contributed by atoms with van der Waals surface area (Å²) in [5, 5.41) is 6.91. The molecular formula is C24H35IN4O2S. The lowest BCUT2D eigenvalue weighted by molar-refractivity contribution is 0.432. The SMILES string of the molecule is CCNC(=NCc1cccc(CS(=O)(=O)NC)c1)NCC1(c2ccccc2)CCCC1.I. The summed E-state index contributed by atoms with van der Waals surface area (Å²) >= 11 is 0. The number of hydrogen-bond donors (Lipinski definition) is 3. The van der Waals surface area contributed by atoms with Crippen LogP contribution in [-0.4, -0.2) is 34.5 Å². The first-order chi connectivity index (χ1) is 15.0. The van der Waals surface area contributed by atoms with Crippen LogP contribution in [0.2, 0.25) is 0 Å². The lowest BCUT2D eigenvalue weighted by Gasteiger charge is -2.30. The minimum Gasteiger partial charge on any atom is -0.357 e. The molecule has 0 atom stereocenters. The molecule has 32 heavy (non-hydrogen) atoms. The normalized spacial score (nSPS) is 15.8. The van der Waals surface area contributed by atoms with Gasteiger partial charge in [-0.3, -0.25) is 0 Å². The molecule has 176 valence electrons. The number of rotatable bonds is 9. The van der Waals surface area contributed by atoms with Crippen LogP contribution in [0.15, 0.2) is 59.6 Å². The van der Waals surface area contributed by atoms with Gasteiger partial charge in [-0.05, 0) is 43.5 Å². The fraction of sp³-hybridized carbons (Fsp3) is 0.458. The number of sulfonamides is 1. The van der Waals surface area contributed by atoms with Crippen molar-refractivity contribution in [3.8, 4) is 0 Å². The average Bonchev–Trinajstić information content (AvgIpc) is 3.26. The molecular weight excluding hydrogens is 535 g/mol. The minimum absolute atomic E-state index is 0. The molecule has 3 rings (SSSR count). The van der Waals surface area contributed by atoms with Gasteiger partial charge in [0, 0.05) is 18.5 Å². The van der Waals surface area contributed by atoms with Gasteiger partial charge in [0.1, 0.15) is 0 Å². The molecule has 1 fully saturated rings. The van der Waals surface area contributed by atoms with Crippen molar-refractivity contribution in [1.82, 2.24) is 15.4 Å². The summed E-state index contributed by atoms with van der Waals surface area (Å²) in [6.07, 6.45) is 4.88. The second-order valence-corrected chi connectivity index (χ2v) is 10.1. The molecule has 8 heteroatoms. The quantitative estimate of drug-likeness (QED) is 0.243. The van der Waals surface area contributed by atoms with Gasteiger partial charge >= 0.3 is 0 Å². The molecule has 0 bridgehead atoms. The first kappa shape index (κ1) is 26.6. The van der Waals surface area contributed by atoms with Crippen LogP contribution in [0.4, 0.5) is 0 Å². The lowest BCUT2D eigenvalue weighted by atomic mass is 9.79. The summed E-state index contributed by atoms with van der Waals surface area (Å²) in [5.74, 6) is 0.761. The molecule has 0 amide bonds. The fourth-order valence-electron chi connectivity index (χ4n) is 4.29. The largest absolute Gasteiger partial charge is 0.357 e. The molecule has 3 N–H and O–H groups in total. The summed E-state index contributed by atoms with van der Waals surface area (Å²) in [4.78, 5) is 4.76. The Morgan fingerprint density at radius 3 is 2.34 bits per heavy atom. The number of benzene rings is 2. The van der Waals surface area contributed by atoms with Crippen LogP contribution in [0, 0.1) is 0 Å². The van der Waals surface area contributed by atoms with Gasteiger partial charge in [-0.2, -0.15) is 0 Å². The summed E-state index contributed by atoms with van der Waals surface area (Å²) < 4.78 is 26.0. The Morgan fingerprint density at radius 1 is 1.00 bits per heavy atom. The van der Waals surface area contributed by atoms with Gasteiger partial charge < -0.3 is 10.6 Å². The van der Waals surface area contributed by atoms with E-state index in [0.717, 1.165) is 30.2 Å². The molecule has 0 aliphatic heterocycles. The van der Waals surface area contributed by atoms with Gasteiger partial charge in [0.2, 0.25) is 10.0 Å². The molecule has 1 aliphatic rings. The average molecular weight is 571 g/mol. The van der Waals surface area contributed by atoms with E-state index in [2.05, 4.69) is 52.6 Å². The Morgan fingerprint density at radius 2 is 1.69 bits per heavy atom. The van der Waals surface area contributed by atoms with Crippen molar-refractivity contribution in [2.24, 2.45) is 4.99 Å². The Hall–Kier alpha value is -1.65. The topological polar surface area (TPSA) is 82.6 Å². The smallest absolute Gasteiger partial charge is 0.215 e. The zero-order chi connectivity index (χ0) is 22.2. The van der Waals surface area contributed by atoms with Crippen molar-refractivity contribution in [2.45, 2.75) is 50.3 Å². The van der Waals surface area contributed by atoms with E-state index in [0.29, 0.717) is 6.54 Å². The van der Waals surface area contributed by atoms with Crippen LogP contribution in [0.25, 0.3) is 0 Å². The molecule has 0 aromatic heterocycles. The van der Waals surface area contributed by atoms with E-state index in [1.54, 1.807) is 0 Å². The van der Waals surface area contributed by atoms with Gasteiger partial charge in [0.25, 0.3) is 0 Å². The van der Waals surface area contributed by atoms with Crippen molar-refractivity contribution >= 4 is 40.0 Å². The molecule has 1 aliphatic carbocycles. The van der Waals surface area contributed by atoms with Crippen LogP contribution in [-0.2, 0) is 27.7 Å². The van der Waals surface area contributed by atoms with Crippen molar-refractivity contribution in [3.05, 3.63) is 71.3 Å². The van der Waals surface area contributed by atoms with Gasteiger partial charge in [0.05, 0.1) is 12.3 Å². The molecule has 2 aromatic carbocycles. The number of nitrogens with one attached hydrogen (secondary N) is 3. The molecule has 2 aromatic rings. The van der Waals surface area contributed by atoms with E-state index in [9.17, 15) is 8.42 Å². The van der Waals surface area contributed by atoms with E-state index >= 15 is 0 Å². The molecule has 0 heterocycles. The molecule has 6 nitrogen and oxygen atoms in total. The van der Waals surface area contributed by atoms with Crippen molar-refractivity contribution in [3.63, 3.8) is 0 Å². The minimum atomic E-state index is -3.29. The number of hydrogen-bond acceptors (Lipinski definition) is 3. The highest BCUT2D eigenvalue weighted by Gasteiger charge is 2.35. The maximum absolute atomic E-state index is 11.8. The summed E-state index contributed by atoms with van der Waals surface area (Å²) in [7, 11) is -1.86. The standard InChI is InChI=1S/C24H34N4O2S.HI/c1-3-26-23(27-17-20-10-9-11-21(16-20)18-31(29,30)25-2)28-19-24(14-7-8-15-24)22-12-5-4-6-13-22;/h4-6,9-13,16,25H,3,7-8,14-15,17-19H2,1-2H3,(H2,26,27,28);1H. The van der Waals surface area contributed by atoms with Crippen LogP contribution in [0.3, 0.4) is 0 Å². The third-order valence-electron chi connectivity index (χ3n) is 5.96. The molecule has 0 unspecified atom stereocenters. The van der Waals surface area contributed by atoms with E-state index in [4.69, 9.17) is 4.99 Å². The van der Waals surface area contributed by atoms with Crippen LogP contribution < -0.4 is 15.4 Å². The molecule has 0 spiro atoms. The lowest BCUT2D eigenvalue weighted by Crippen LogP contribution is -2.44. The maximum atomic E-state index is 11.8. The van der Waals surface area contributed by atoms with E-state index < -0.39 is 10.0 Å². The summed E-state index contributed by atoms with van der Waals surface area (Å²) in [5.41, 5.74) is 3.29. The van der Waals surface area contributed by atoms with Crippen LogP contribution in [0.5, 0.6) is 0 Å². The number of guanidine groups is 1. The number of aliphatic imine (C=N–C) groups is 1. The Bertz CT molecular complexity index is 975. The number of nitrogens with zero attached hydrogens (tertiary/aromatic N) is 1. The predicted molar refractivity (Wildman–Crippen MR) is 143 cm³/mol. The highest BCUT2D eigenvalue weighted by molar-refractivity contribution is 14.0. The first-order valence-electron chi connectivity index (χ1n) is 11.0. The van der Waals surface area contributed by atoms with E-state index in [1.165, 1.54) is 38.3 Å². The van der Waals surface area contributed by atoms with Crippen molar-refractivity contribution in [1.29, 1.82) is 0 Å². The van der Waals surface area contributed by atoms with E-state index in [1.807, 2.05) is 24.3 Å². The summed E-state index contributed by atoms with van der Waals surface area (Å²) in [6, 6.07) is 18.4. The van der Waals surface area contributed by atoms with E-state index in [-0.39, 0.29) is 35.1 Å². The molecule has 1 saturated carbocycles. The Labute approximate surface area is 209 Å². The fourth-order valence-corrected chi connectivity index (χ4v) is 5.05. The van der Waals surface area contributed by atoms with Gasteiger partial charge in [-0.1, -0.05) is 67.4 Å². The molecule has 0 radical (unpaired) electrons. The maximum Gasteiger partial charge on any atom is 0.215 e. The van der Waals surface area contributed by atoms with Gasteiger partial charge in [0.15, 0.2) is 5.96 Å².